The van der Waals surface area contributed by atoms with E-state index in [1.54, 1.807) is 24.8 Å². The lowest BCUT2D eigenvalue weighted by atomic mass is 10.1. The normalized spacial score (nSPS) is 10.9. The fourth-order valence-corrected chi connectivity index (χ4v) is 2.51. The minimum atomic E-state index is -0.119. The first-order valence-corrected chi connectivity index (χ1v) is 6.89. The quantitative estimate of drug-likeness (QED) is 0.617. The highest BCUT2D eigenvalue weighted by Gasteiger charge is 2.12. The number of pyridine rings is 1. The SMILES string of the molecule is O=c1c(-c2ccccc2)cnc2c(-c3cccnc3)c[nH]n12. The van der Waals surface area contributed by atoms with Crippen LogP contribution in [0.3, 0.4) is 0 Å². The summed E-state index contributed by atoms with van der Waals surface area (Å²) in [5, 5.41) is 2.98. The van der Waals surface area contributed by atoms with Gasteiger partial charge in [-0.25, -0.2) is 9.50 Å². The average molecular weight is 288 g/mol. The Kier molecular flexibility index (Phi) is 2.83. The summed E-state index contributed by atoms with van der Waals surface area (Å²) in [7, 11) is 0. The largest absolute Gasteiger partial charge is 0.296 e. The number of H-pyrrole nitrogens is 1. The third-order valence-electron chi connectivity index (χ3n) is 3.60. The third kappa shape index (κ3) is 1.91. The molecule has 0 unspecified atom stereocenters. The van der Waals surface area contributed by atoms with E-state index in [0.29, 0.717) is 11.2 Å². The average Bonchev–Trinajstić information content (AvgIpc) is 3.02. The van der Waals surface area contributed by atoms with Gasteiger partial charge in [-0.05, 0) is 11.6 Å². The van der Waals surface area contributed by atoms with Gasteiger partial charge in [0.2, 0.25) is 0 Å². The Hall–Kier alpha value is -3.21. The molecule has 4 aromatic rings. The van der Waals surface area contributed by atoms with Crippen molar-refractivity contribution in [2.24, 2.45) is 0 Å². The molecular weight excluding hydrogens is 276 g/mol. The van der Waals surface area contributed by atoms with E-state index in [2.05, 4.69) is 15.1 Å². The van der Waals surface area contributed by atoms with Crippen LogP contribution in [0.25, 0.3) is 27.9 Å². The number of benzene rings is 1. The molecule has 0 aliphatic heterocycles. The van der Waals surface area contributed by atoms with Crippen LogP contribution in [0.4, 0.5) is 0 Å². The second-order valence-electron chi connectivity index (χ2n) is 4.93. The van der Waals surface area contributed by atoms with Crippen molar-refractivity contribution >= 4 is 5.65 Å². The molecule has 0 bridgehead atoms. The molecular formula is C17H12N4O. The summed E-state index contributed by atoms with van der Waals surface area (Å²) in [6.45, 7) is 0. The van der Waals surface area contributed by atoms with Gasteiger partial charge in [0.25, 0.3) is 5.56 Å². The maximum atomic E-state index is 12.6. The van der Waals surface area contributed by atoms with E-state index in [0.717, 1.165) is 16.7 Å². The van der Waals surface area contributed by atoms with Crippen molar-refractivity contribution in [2.75, 3.05) is 0 Å². The van der Waals surface area contributed by atoms with Crippen LogP contribution in [0.5, 0.6) is 0 Å². The zero-order valence-electron chi connectivity index (χ0n) is 11.6. The van der Waals surface area contributed by atoms with Crippen LogP contribution in [0, 0.1) is 0 Å². The highest BCUT2D eigenvalue weighted by molar-refractivity contribution is 5.77. The standard InChI is InChI=1S/C17H12N4O/c22-17-15(12-5-2-1-3-6-12)10-19-16-14(11-20-21(16)17)13-7-4-8-18-9-13/h1-11,20H. The Morgan fingerprint density at radius 2 is 1.73 bits per heavy atom. The molecule has 1 aromatic carbocycles. The van der Waals surface area contributed by atoms with Gasteiger partial charge in [0.15, 0.2) is 5.65 Å². The van der Waals surface area contributed by atoms with Crippen molar-refractivity contribution in [1.82, 2.24) is 19.6 Å². The van der Waals surface area contributed by atoms with Gasteiger partial charge < -0.3 is 0 Å². The van der Waals surface area contributed by atoms with Crippen LogP contribution in [0.2, 0.25) is 0 Å². The van der Waals surface area contributed by atoms with E-state index in [4.69, 9.17) is 0 Å². The van der Waals surface area contributed by atoms with E-state index in [9.17, 15) is 4.79 Å². The fourth-order valence-electron chi connectivity index (χ4n) is 2.51. The van der Waals surface area contributed by atoms with Crippen molar-refractivity contribution in [2.45, 2.75) is 0 Å². The molecule has 5 nitrogen and oxygen atoms in total. The summed E-state index contributed by atoms with van der Waals surface area (Å²) in [5.41, 5.74) is 3.67. The van der Waals surface area contributed by atoms with Crippen LogP contribution >= 0.6 is 0 Å². The van der Waals surface area contributed by atoms with Gasteiger partial charge in [0, 0.05) is 35.9 Å². The lowest BCUT2D eigenvalue weighted by Crippen LogP contribution is -2.16. The molecule has 0 radical (unpaired) electrons. The van der Waals surface area contributed by atoms with E-state index < -0.39 is 0 Å². The molecule has 0 saturated heterocycles. The van der Waals surface area contributed by atoms with Crippen LogP contribution < -0.4 is 5.56 Å². The maximum absolute atomic E-state index is 12.6. The van der Waals surface area contributed by atoms with E-state index in [1.807, 2.05) is 42.5 Å². The van der Waals surface area contributed by atoms with Gasteiger partial charge in [0.05, 0.1) is 5.56 Å². The molecule has 1 N–H and O–H groups in total. The Bertz CT molecular complexity index is 988. The number of nitrogens with zero attached hydrogens (tertiary/aromatic N) is 3. The van der Waals surface area contributed by atoms with E-state index >= 15 is 0 Å². The maximum Gasteiger partial charge on any atom is 0.280 e. The highest BCUT2D eigenvalue weighted by atomic mass is 16.1. The predicted molar refractivity (Wildman–Crippen MR) is 84.5 cm³/mol. The molecule has 0 spiro atoms. The molecule has 3 aromatic heterocycles. The molecule has 0 atom stereocenters. The minimum absolute atomic E-state index is 0.119. The van der Waals surface area contributed by atoms with Gasteiger partial charge in [0.1, 0.15) is 0 Å². The Balaban J connectivity index is 1.94. The van der Waals surface area contributed by atoms with Crippen LogP contribution in [0.1, 0.15) is 0 Å². The number of rotatable bonds is 2. The molecule has 4 rings (SSSR count). The van der Waals surface area contributed by atoms with Crippen LogP contribution in [0.15, 0.2) is 72.0 Å². The Morgan fingerprint density at radius 1 is 0.909 bits per heavy atom. The summed E-state index contributed by atoms with van der Waals surface area (Å²) in [4.78, 5) is 21.2. The molecule has 5 heteroatoms. The van der Waals surface area contributed by atoms with E-state index in [-0.39, 0.29) is 5.56 Å². The Morgan fingerprint density at radius 3 is 2.50 bits per heavy atom. The summed E-state index contributed by atoms with van der Waals surface area (Å²) in [5.74, 6) is 0. The number of fused-ring (bicyclic) bond motifs is 1. The third-order valence-corrected chi connectivity index (χ3v) is 3.60. The first kappa shape index (κ1) is 12.5. The van der Waals surface area contributed by atoms with Crippen molar-refractivity contribution in [3.8, 4) is 22.3 Å². The van der Waals surface area contributed by atoms with Gasteiger partial charge >= 0.3 is 0 Å². The predicted octanol–water partition coefficient (Wildman–Crippen LogP) is 2.75. The Labute approximate surface area is 125 Å². The number of nitrogens with one attached hydrogen (secondary N) is 1. The van der Waals surface area contributed by atoms with Crippen molar-refractivity contribution in [3.63, 3.8) is 0 Å². The number of hydrogen-bond acceptors (Lipinski definition) is 3. The fraction of sp³-hybridized carbons (Fsp3) is 0. The molecule has 0 saturated carbocycles. The minimum Gasteiger partial charge on any atom is -0.296 e. The second kappa shape index (κ2) is 4.96. The summed E-state index contributed by atoms with van der Waals surface area (Å²) in [6.07, 6.45) is 6.86. The first-order valence-electron chi connectivity index (χ1n) is 6.89. The molecule has 0 aliphatic rings. The zero-order valence-corrected chi connectivity index (χ0v) is 11.6. The van der Waals surface area contributed by atoms with Crippen molar-refractivity contribution in [1.29, 1.82) is 0 Å². The van der Waals surface area contributed by atoms with Crippen LogP contribution in [-0.2, 0) is 0 Å². The van der Waals surface area contributed by atoms with Gasteiger partial charge in [-0.15, -0.1) is 0 Å². The number of aromatic nitrogens is 4. The zero-order chi connectivity index (χ0) is 14.9. The molecule has 0 aliphatic carbocycles. The lowest BCUT2D eigenvalue weighted by Gasteiger charge is -2.02. The summed E-state index contributed by atoms with van der Waals surface area (Å²) >= 11 is 0. The molecule has 0 fully saturated rings. The summed E-state index contributed by atoms with van der Waals surface area (Å²) < 4.78 is 1.46. The monoisotopic (exact) mass is 288 g/mol. The van der Waals surface area contributed by atoms with Crippen LogP contribution in [-0.4, -0.2) is 19.6 Å². The molecule has 3 heterocycles. The molecule has 106 valence electrons. The lowest BCUT2D eigenvalue weighted by molar-refractivity contribution is 0.902. The van der Waals surface area contributed by atoms with Gasteiger partial charge in [-0.3, -0.25) is 14.9 Å². The van der Waals surface area contributed by atoms with E-state index in [1.165, 1.54) is 4.52 Å². The first-order chi connectivity index (χ1) is 10.8. The topological polar surface area (TPSA) is 63.0 Å². The second-order valence-corrected chi connectivity index (χ2v) is 4.93. The van der Waals surface area contributed by atoms with Crippen molar-refractivity contribution in [3.05, 3.63) is 77.6 Å². The van der Waals surface area contributed by atoms with Crippen molar-refractivity contribution < 1.29 is 0 Å². The molecule has 22 heavy (non-hydrogen) atoms. The summed E-state index contributed by atoms with van der Waals surface area (Å²) in [6, 6.07) is 13.3. The smallest absolute Gasteiger partial charge is 0.280 e. The number of aromatic amines is 1. The highest BCUT2D eigenvalue weighted by Crippen LogP contribution is 2.22. The molecule has 0 amide bonds. The number of hydrogen-bond donors (Lipinski definition) is 1. The van der Waals surface area contributed by atoms with Gasteiger partial charge in [-0.1, -0.05) is 36.4 Å². The van der Waals surface area contributed by atoms with Gasteiger partial charge in [-0.2, -0.15) is 0 Å².